The van der Waals surface area contributed by atoms with Gasteiger partial charge >= 0.3 is 0 Å². The summed E-state index contributed by atoms with van der Waals surface area (Å²) in [7, 11) is 0. The van der Waals surface area contributed by atoms with E-state index < -0.39 is 17.3 Å². The molecule has 84 valence electrons. The Hall–Kier alpha value is -0.740. The van der Waals surface area contributed by atoms with E-state index >= 15 is 0 Å². The van der Waals surface area contributed by atoms with E-state index in [9.17, 15) is 8.60 Å². The van der Waals surface area contributed by atoms with E-state index in [2.05, 4.69) is 0 Å². The van der Waals surface area contributed by atoms with E-state index in [0.717, 1.165) is 0 Å². The van der Waals surface area contributed by atoms with Crippen LogP contribution in [-0.4, -0.2) is 16.5 Å². The van der Waals surface area contributed by atoms with Crippen LogP contribution in [-0.2, 0) is 15.3 Å². The third-order valence-electron chi connectivity index (χ3n) is 1.84. The van der Waals surface area contributed by atoms with Gasteiger partial charge in [0.05, 0.1) is 17.2 Å². The Balaban J connectivity index is 2.49. The molecule has 0 bridgehead atoms. The number of hydrogen-bond acceptors (Lipinski definition) is 2. The molecule has 15 heavy (non-hydrogen) atoms. The van der Waals surface area contributed by atoms with E-state index in [0.29, 0.717) is 4.90 Å². The van der Waals surface area contributed by atoms with Crippen LogP contribution in [0.15, 0.2) is 35.2 Å². The number of benzene rings is 1. The highest BCUT2D eigenvalue weighted by Crippen LogP contribution is 2.12. The van der Waals surface area contributed by atoms with Crippen molar-refractivity contribution >= 4 is 11.1 Å². The van der Waals surface area contributed by atoms with Crippen molar-refractivity contribution < 1.29 is 12.8 Å². The highest BCUT2D eigenvalue weighted by Gasteiger charge is 2.12. The fraction of sp³-hybridized carbons (Fsp3) is 0.455. The SMILES string of the molecule is CC(F)CC(C)OS(=O)c1ccccc1. The average molecular weight is 230 g/mol. The molecule has 0 spiro atoms. The van der Waals surface area contributed by atoms with Crippen LogP contribution in [0.1, 0.15) is 20.3 Å². The molecule has 0 radical (unpaired) electrons. The molecule has 0 heterocycles. The Kier molecular flexibility index (Phi) is 4.91. The van der Waals surface area contributed by atoms with Crippen molar-refractivity contribution in [2.24, 2.45) is 0 Å². The quantitative estimate of drug-likeness (QED) is 0.777. The first-order valence-corrected chi connectivity index (χ1v) is 5.95. The summed E-state index contributed by atoms with van der Waals surface area (Å²) in [6, 6.07) is 8.87. The lowest BCUT2D eigenvalue weighted by Crippen LogP contribution is -2.14. The molecule has 4 heteroatoms. The van der Waals surface area contributed by atoms with Crippen LogP contribution < -0.4 is 0 Å². The van der Waals surface area contributed by atoms with Crippen LogP contribution in [0.2, 0.25) is 0 Å². The summed E-state index contributed by atoms with van der Waals surface area (Å²) in [6.07, 6.45) is -1.02. The molecule has 0 aliphatic rings. The Morgan fingerprint density at radius 2 is 1.93 bits per heavy atom. The van der Waals surface area contributed by atoms with Crippen molar-refractivity contribution in [2.45, 2.75) is 37.4 Å². The molecule has 0 aliphatic heterocycles. The summed E-state index contributed by atoms with van der Waals surface area (Å²) in [5, 5.41) is 0. The van der Waals surface area contributed by atoms with Crippen molar-refractivity contribution in [1.29, 1.82) is 0 Å². The Labute approximate surface area is 92.1 Å². The van der Waals surface area contributed by atoms with Crippen molar-refractivity contribution in [3.63, 3.8) is 0 Å². The van der Waals surface area contributed by atoms with Gasteiger partial charge in [0, 0.05) is 6.42 Å². The summed E-state index contributed by atoms with van der Waals surface area (Å²) in [6.45, 7) is 3.18. The lowest BCUT2D eigenvalue weighted by Gasteiger charge is -2.12. The lowest BCUT2D eigenvalue weighted by atomic mass is 10.2. The maximum absolute atomic E-state index is 12.6. The molecule has 0 saturated carbocycles. The Morgan fingerprint density at radius 1 is 1.33 bits per heavy atom. The van der Waals surface area contributed by atoms with Gasteiger partial charge in [-0.2, -0.15) is 0 Å². The van der Waals surface area contributed by atoms with Crippen LogP contribution in [0.25, 0.3) is 0 Å². The minimum absolute atomic E-state index is 0.262. The minimum Gasteiger partial charge on any atom is -0.284 e. The van der Waals surface area contributed by atoms with Crippen molar-refractivity contribution in [3.8, 4) is 0 Å². The number of hydrogen-bond donors (Lipinski definition) is 0. The monoisotopic (exact) mass is 230 g/mol. The first kappa shape index (κ1) is 12.3. The fourth-order valence-corrected chi connectivity index (χ4v) is 2.10. The van der Waals surface area contributed by atoms with E-state index in [1.165, 1.54) is 6.92 Å². The number of alkyl halides is 1. The van der Waals surface area contributed by atoms with E-state index in [1.54, 1.807) is 31.2 Å². The smallest absolute Gasteiger partial charge is 0.189 e. The summed E-state index contributed by atoms with van der Waals surface area (Å²) < 4.78 is 29.4. The van der Waals surface area contributed by atoms with E-state index in [4.69, 9.17) is 4.18 Å². The highest BCUT2D eigenvalue weighted by atomic mass is 32.2. The van der Waals surface area contributed by atoms with E-state index in [-0.39, 0.29) is 12.5 Å². The molecule has 0 amide bonds. The van der Waals surface area contributed by atoms with Crippen LogP contribution >= 0.6 is 0 Å². The molecule has 0 aromatic heterocycles. The van der Waals surface area contributed by atoms with Gasteiger partial charge in [-0.1, -0.05) is 18.2 Å². The molecular formula is C11H15FO2S. The molecule has 0 saturated heterocycles. The predicted molar refractivity (Wildman–Crippen MR) is 58.6 cm³/mol. The molecule has 3 atom stereocenters. The zero-order valence-corrected chi connectivity index (χ0v) is 9.67. The molecule has 1 aromatic rings. The van der Waals surface area contributed by atoms with Gasteiger partial charge in [0.2, 0.25) is 0 Å². The minimum atomic E-state index is -1.50. The molecular weight excluding hydrogens is 215 g/mol. The average Bonchev–Trinajstić information content (AvgIpc) is 2.17. The lowest BCUT2D eigenvalue weighted by molar-refractivity contribution is 0.187. The van der Waals surface area contributed by atoms with Gasteiger partial charge in [-0.05, 0) is 26.0 Å². The van der Waals surface area contributed by atoms with Gasteiger partial charge in [0.25, 0.3) is 0 Å². The number of halogens is 1. The third-order valence-corrected chi connectivity index (χ3v) is 3.00. The molecule has 0 fully saturated rings. The van der Waals surface area contributed by atoms with Crippen molar-refractivity contribution in [1.82, 2.24) is 0 Å². The largest absolute Gasteiger partial charge is 0.284 e. The summed E-state index contributed by atoms with van der Waals surface area (Å²) in [5.41, 5.74) is 0. The molecule has 2 nitrogen and oxygen atoms in total. The second kappa shape index (κ2) is 5.98. The van der Waals surface area contributed by atoms with Gasteiger partial charge in [-0.25, -0.2) is 8.60 Å². The van der Waals surface area contributed by atoms with Gasteiger partial charge < -0.3 is 0 Å². The van der Waals surface area contributed by atoms with Gasteiger partial charge in [0.15, 0.2) is 11.1 Å². The van der Waals surface area contributed by atoms with Gasteiger partial charge in [-0.3, -0.25) is 4.18 Å². The third kappa shape index (κ3) is 4.53. The van der Waals surface area contributed by atoms with Crippen LogP contribution in [0.4, 0.5) is 4.39 Å². The van der Waals surface area contributed by atoms with Gasteiger partial charge in [-0.15, -0.1) is 0 Å². The first-order valence-electron chi connectivity index (χ1n) is 4.87. The Morgan fingerprint density at radius 3 is 2.47 bits per heavy atom. The second-order valence-electron chi connectivity index (χ2n) is 3.47. The maximum atomic E-state index is 12.6. The summed E-state index contributed by atoms with van der Waals surface area (Å²) >= 11 is -1.50. The standard InChI is InChI=1S/C11H15FO2S/c1-9(12)8-10(2)14-15(13)11-6-4-3-5-7-11/h3-7,9-10H,8H2,1-2H3. The van der Waals surface area contributed by atoms with Crippen LogP contribution in [0, 0.1) is 0 Å². The Bertz CT molecular complexity index is 314. The topological polar surface area (TPSA) is 26.3 Å². The zero-order chi connectivity index (χ0) is 11.3. The first-order chi connectivity index (χ1) is 7.09. The predicted octanol–water partition coefficient (Wildman–Crippen LogP) is 2.86. The molecule has 3 unspecified atom stereocenters. The van der Waals surface area contributed by atoms with Crippen LogP contribution in [0.3, 0.4) is 0 Å². The highest BCUT2D eigenvalue weighted by molar-refractivity contribution is 7.80. The summed E-state index contributed by atoms with van der Waals surface area (Å²) in [4.78, 5) is 0.607. The molecule has 0 aliphatic carbocycles. The van der Waals surface area contributed by atoms with Gasteiger partial charge in [0.1, 0.15) is 0 Å². The molecule has 1 rings (SSSR count). The maximum Gasteiger partial charge on any atom is 0.189 e. The van der Waals surface area contributed by atoms with Crippen molar-refractivity contribution in [3.05, 3.63) is 30.3 Å². The normalized spacial score (nSPS) is 17.0. The zero-order valence-electron chi connectivity index (χ0n) is 8.85. The van der Waals surface area contributed by atoms with Crippen LogP contribution in [0.5, 0.6) is 0 Å². The second-order valence-corrected chi connectivity index (χ2v) is 4.60. The fourth-order valence-electron chi connectivity index (χ4n) is 1.23. The van der Waals surface area contributed by atoms with Crippen molar-refractivity contribution in [2.75, 3.05) is 0 Å². The summed E-state index contributed by atoms with van der Waals surface area (Å²) in [5.74, 6) is 0. The number of rotatable bonds is 5. The molecule has 1 aromatic carbocycles. The molecule has 0 N–H and O–H groups in total. The van der Waals surface area contributed by atoms with E-state index in [1.807, 2.05) is 6.07 Å².